The van der Waals surface area contributed by atoms with E-state index in [0.29, 0.717) is 5.92 Å². The van der Waals surface area contributed by atoms with Crippen molar-refractivity contribution in [3.05, 3.63) is 0 Å². The molecule has 0 aromatic rings. The average Bonchev–Trinajstić information content (AvgIpc) is 2.04. The van der Waals surface area contributed by atoms with Gasteiger partial charge in [0.1, 0.15) is 0 Å². The van der Waals surface area contributed by atoms with Crippen molar-refractivity contribution in [2.45, 2.75) is 13.3 Å². The number of amides is 1. The van der Waals surface area contributed by atoms with Gasteiger partial charge in [0.25, 0.3) is 0 Å². The van der Waals surface area contributed by atoms with E-state index in [1.807, 2.05) is 0 Å². The summed E-state index contributed by atoms with van der Waals surface area (Å²) < 4.78 is 0. The van der Waals surface area contributed by atoms with Crippen molar-refractivity contribution < 1.29 is 4.79 Å². The van der Waals surface area contributed by atoms with Crippen LogP contribution in [0.5, 0.6) is 0 Å². The lowest BCUT2D eigenvalue weighted by atomic mass is 9.87. The molecule has 64 valence electrons. The van der Waals surface area contributed by atoms with Gasteiger partial charge in [-0.3, -0.25) is 4.79 Å². The molecule has 0 unspecified atom stereocenters. The number of hydrogen-bond acceptors (Lipinski definition) is 2. The smallest absolute Gasteiger partial charge is 0.224 e. The molecule has 1 aliphatic rings. The Bertz CT molecular complexity index is 147. The second-order valence-corrected chi connectivity index (χ2v) is 3.19. The van der Waals surface area contributed by atoms with Gasteiger partial charge in [-0.15, -0.1) is 0 Å². The zero-order chi connectivity index (χ0) is 8.27. The fraction of sp³-hybridized carbons (Fsp3) is 0.875. The molecule has 1 amide bonds. The van der Waals surface area contributed by atoms with Crippen molar-refractivity contribution in [3.63, 3.8) is 0 Å². The summed E-state index contributed by atoms with van der Waals surface area (Å²) in [5.41, 5.74) is 0. The predicted molar refractivity (Wildman–Crippen MR) is 44.2 cm³/mol. The molecule has 0 bridgehead atoms. The first kappa shape index (κ1) is 8.53. The summed E-state index contributed by atoms with van der Waals surface area (Å²) >= 11 is 0. The molecule has 2 N–H and O–H groups in total. The predicted octanol–water partition coefficient (Wildman–Crippen LogP) is -0.0220. The summed E-state index contributed by atoms with van der Waals surface area (Å²) in [7, 11) is 1.70. The van der Waals surface area contributed by atoms with Crippen molar-refractivity contribution >= 4 is 5.91 Å². The molecule has 3 nitrogen and oxygen atoms in total. The van der Waals surface area contributed by atoms with Gasteiger partial charge in [-0.25, -0.2) is 0 Å². The Hall–Kier alpha value is -0.570. The SMILES string of the molecule is CNC(=O)[C@H]1CNCC[C@@H]1C. The molecule has 0 aliphatic carbocycles. The van der Waals surface area contributed by atoms with Crippen LogP contribution in [0.1, 0.15) is 13.3 Å². The van der Waals surface area contributed by atoms with E-state index >= 15 is 0 Å². The quantitative estimate of drug-likeness (QED) is 0.560. The third-order valence-corrected chi connectivity index (χ3v) is 2.41. The van der Waals surface area contributed by atoms with E-state index in [9.17, 15) is 4.79 Å². The molecule has 1 saturated heterocycles. The topological polar surface area (TPSA) is 41.1 Å². The van der Waals surface area contributed by atoms with Gasteiger partial charge in [-0.05, 0) is 18.9 Å². The van der Waals surface area contributed by atoms with Crippen LogP contribution in [0, 0.1) is 11.8 Å². The molecule has 1 heterocycles. The maximum atomic E-state index is 11.2. The Morgan fingerprint density at radius 2 is 2.36 bits per heavy atom. The zero-order valence-corrected chi connectivity index (χ0v) is 7.18. The highest BCUT2D eigenvalue weighted by Gasteiger charge is 2.26. The minimum atomic E-state index is 0.171. The van der Waals surface area contributed by atoms with E-state index in [-0.39, 0.29) is 11.8 Å². The van der Waals surface area contributed by atoms with Crippen LogP contribution in [0.25, 0.3) is 0 Å². The molecule has 1 aliphatic heterocycles. The Labute approximate surface area is 67.5 Å². The van der Waals surface area contributed by atoms with E-state index in [1.165, 1.54) is 0 Å². The first-order chi connectivity index (χ1) is 5.25. The minimum absolute atomic E-state index is 0.171. The Kier molecular flexibility index (Phi) is 2.88. The van der Waals surface area contributed by atoms with Crippen LogP contribution >= 0.6 is 0 Å². The molecule has 1 fully saturated rings. The second-order valence-electron chi connectivity index (χ2n) is 3.19. The number of carbonyl (C=O) groups is 1. The van der Waals surface area contributed by atoms with Crippen LogP contribution in [-0.4, -0.2) is 26.0 Å². The van der Waals surface area contributed by atoms with E-state index in [2.05, 4.69) is 17.6 Å². The van der Waals surface area contributed by atoms with Gasteiger partial charge in [-0.2, -0.15) is 0 Å². The highest BCUT2D eigenvalue weighted by atomic mass is 16.1. The summed E-state index contributed by atoms with van der Waals surface area (Å²) in [4.78, 5) is 11.2. The van der Waals surface area contributed by atoms with E-state index in [1.54, 1.807) is 7.05 Å². The van der Waals surface area contributed by atoms with Crippen molar-refractivity contribution in [1.29, 1.82) is 0 Å². The molecule has 3 heteroatoms. The molecule has 0 aromatic heterocycles. The van der Waals surface area contributed by atoms with Crippen LogP contribution in [0.2, 0.25) is 0 Å². The molecular weight excluding hydrogens is 140 g/mol. The van der Waals surface area contributed by atoms with Crippen molar-refractivity contribution in [2.24, 2.45) is 11.8 Å². The molecule has 0 spiro atoms. The number of nitrogens with one attached hydrogen (secondary N) is 2. The molecule has 0 saturated carbocycles. The third kappa shape index (κ3) is 1.93. The highest BCUT2D eigenvalue weighted by molar-refractivity contribution is 5.78. The Morgan fingerprint density at radius 3 is 2.91 bits per heavy atom. The van der Waals surface area contributed by atoms with Gasteiger partial charge in [-0.1, -0.05) is 6.92 Å². The monoisotopic (exact) mass is 156 g/mol. The number of hydrogen-bond donors (Lipinski definition) is 2. The average molecular weight is 156 g/mol. The minimum Gasteiger partial charge on any atom is -0.359 e. The van der Waals surface area contributed by atoms with Gasteiger partial charge in [0.05, 0.1) is 5.92 Å². The van der Waals surface area contributed by atoms with Crippen LogP contribution in [-0.2, 0) is 4.79 Å². The zero-order valence-electron chi connectivity index (χ0n) is 7.18. The summed E-state index contributed by atoms with van der Waals surface area (Å²) in [5, 5.41) is 5.91. The molecule has 0 aromatic carbocycles. The summed E-state index contributed by atoms with van der Waals surface area (Å²) in [5.74, 6) is 0.870. The summed E-state index contributed by atoms with van der Waals surface area (Å²) in [6.07, 6.45) is 1.11. The third-order valence-electron chi connectivity index (χ3n) is 2.41. The van der Waals surface area contributed by atoms with Gasteiger partial charge < -0.3 is 10.6 Å². The lowest BCUT2D eigenvalue weighted by Crippen LogP contribution is -2.43. The van der Waals surface area contributed by atoms with Crippen LogP contribution in [0.4, 0.5) is 0 Å². The van der Waals surface area contributed by atoms with E-state index in [0.717, 1.165) is 19.5 Å². The lowest BCUT2D eigenvalue weighted by molar-refractivity contribution is -0.126. The van der Waals surface area contributed by atoms with Crippen LogP contribution in [0.3, 0.4) is 0 Å². The van der Waals surface area contributed by atoms with Crippen molar-refractivity contribution in [3.8, 4) is 0 Å². The normalized spacial score (nSPS) is 31.5. The molecule has 11 heavy (non-hydrogen) atoms. The number of piperidine rings is 1. The fourth-order valence-electron chi connectivity index (χ4n) is 1.53. The highest BCUT2D eigenvalue weighted by Crippen LogP contribution is 2.17. The summed E-state index contributed by atoms with van der Waals surface area (Å²) in [6.45, 7) is 4.02. The Balaban J connectivity index is 2.47. The van der Waals surface area contributed by atoms with E-state index in [4.69, 9.17) is 0 Å². The largest absolute Gasteiger partial charge is 0.359 e. The first-order valence-corrected chi connectivity index (χ1v) is 4.18. The maximum Gasteiger partial charge on any atom is 0.224 e. The second kappa shape index (κ2) is 3.72. The Morgan fingerprint density at radius 1 is 1.64 bits per heavy atom. The maximum absolute atomic E-state index is 11.2. The molecule has 2 atom stereocenters. The number of carbonyl (C=O) groups excluding carboxylic acids is 1. The lowest BCUT2D eigenvalue weighted by Gasteiger charge is -2.27. The van der Waals surface area contributed by atoms with Gasteiger partial charge in [0.2, 0.25) is 5.91 Å². The molecule has 0 radical (unpaired) electrons. The van der Waals surface area contributed by atoms with Gasteiger partial charge >= 0.3 is 0 Å². The first-order valence-electron chi connectivity index (χ1n) is 4.18. The van der Waals surface area contributed by atoms with Crippen LogP contribution < -0.4 is 10.6 Å². The molecule has 1 rings (SSSR count). The summed E-state index contributed by atoms with van der Waals surface area (Å²) in [6, 6.07) is 0. The standard InChI is InChI=1S/C8H16N2O/c1-6-3-4-10-5-7(6)8(11)9-2/h6-7,10H,3-5H2,1-2H3,(H,9,11)/t6-,7-/m0/s1. The van der Waals surface area contributed by atoms with Crippen molar-refractivity contribution in [2.75, 3.05) is 20.1 Å². The van der Waals surface area contributed by atoms with Gasteiger partial charge in [0.15, 0.2) is 0 Å². The van der Waals surface area contributed by atoms with Crippen molar-refractivity contribution in [1.82, 2.24) is 10.6 Å². The van der Waals surface area contributed by atoms with E-state index < -0.39 is 0 Å². The van der Waals surface area contributed by atoms with Crippen LogP contribution in [0.15, 0.2) is 0 Å². The fourth-order valence-corrected chi connectivity index (χ4v) is 1.53. The molecular formula is C8H16N2O. The number of rotatable bonds is 1. The van der Waals surface area contributed by atoms with Gasteiger partial charge in [0, 0.05) is 13.6 Å².